The Morgan fingerprint density at radius 1 is 1.59 bits per heavy atom. The molecule has 17 heavy (non-hydrogen) atoms. The number of hydrogen-bond donors (Lipinski definition) is 1. The predicted molar refractivity (Wildman–Crippen MR) is 56.2 cm³/mol. The Kier molecular flexibility index (Phi) is 4.08. The van der Waals surface area contributed by atoms with Gasteiger partial charge in [-0.2, -0.15) is 0 Å². The minimum absolute atomic E-state index is 0.00572. The van der Waals surface area contributed by atoms with Gasteiger partial charge in [0.1, 0.15) is 3.57 Å². The predicted octanol–water partition coefficient (Wildman–Crippen LogP) is 1.99. The van der Waals surface area contributed by atoms with E-state index in [0.29, 0.717) is 0 Å². The summed E-state index contributed by atoms with van der Waals surface area (Å²) in [7, 11) is 0. The molecule has 0 radical (unpaired) electrons. The Hall–Kier alpha value is -1.17. The van der Waals surface area contributed by atoms with Crippen molar-refractivity contribution in [2.45, 2.75) is 13.0 Å². The minimum Gasteiger partial charge on any atom is -0.391 e. The van der Waals surface area contributed by atoms with E-state index in [0.717, 1.165) is 6.07 Å². The average molecular weight is 364 g/mol. The molecular formula is C7H4F3IN2O4. The number of pyridine rings is 1. The zero-order chi connectivity index (χ0) is 13.2. The summed E-state index contributed by atoms with van der Waals surface area (Å²) < 4.78 is 39.4. The van der Waals surface area contributed by atoms with Gasteiger partial charge in [-0.25, -0.2) is 0 Å². The molecule has 0 aliphatic heterocycles. The maximum Gasteiger partial charge on any atom is 0.575 e. The fraction of sp³-hybridized carbons (Fsp3) is 0.286. The third kappa shape index (κ3) is 3.66. The van der Waals surface area contributed by atoms with Crippen LogP contribution in [0.4, 0.5) is 19.0 Å². The number of hydrogen-bond acceptors (Lipinski definition) is 5. The van der Waals surface area contributed by atoms with E-state index in [4.69, 9.17) is 5.11 Å². The van der Waals surface area contributed by atoms with Gasteiger partial charge in [-0.05, 0) is 33.6 Å². The van der Waals surface area contributed by atoms with Crippen molar-refractivity contribution in [1.82, 2.24) is 4.98 Å². The number of nitro groups is 1. The Morgan fingerprint density at radius 3 is 2.59 bits per heavy atom. The van der Waals surface area contributed by atoms with Gasteiger partial charge in [-0.15, -0.1) is 13.2 Å². The molecule has 0 aliphatic carbocycles. The van der Waals surface area contributed by atoms with Crippen LogP contribution in [0, 0.1) is 13.7 Å². The molecule has 0 bridgehead atoms. The normalized spacial score (nSPS) is 11.4. The van der Waals surface area contributed by atoms with Crippen LogP contribution in [0.3, 0.4) is 0 Å². The van der Waals surface area contributed by atoms with Gasteiger partial charge in [0, 0.05) is 4.98 Å². The summed E-state index contributed by atoms with van der Waals surface area (Å²) >= 11 is 1.53. The smallest absolute Gasteiger partial charge is 0.391 e. The van der Waals surface area contributed by atoms with Crippen LogP contribution in [0.2, 0.25) is 0 Å². The summed E-state index contributed by atoms with van der Waals surface area (Å²) in [6.45, 7) is -0.771. The van der Waals surface area contributed by atoms with Crippen LogP contribution in [0.15, 0.2) is 6.07 Å². The molecule has 1 N–H and O–H groups in total. The third-order valence-electron chi connectivity index (χ3n) is 1.55. The van der Waals surface area contributed by atoms with Gasteiger partial charge in [-0.3, -0.25) is 0 Å². The van der Waals surface area contributed by atoms with Crippen LogP contribution in [-0.4, -0.2) is 21.4 Å². The highest BCUT2D eigenvalue weighted by Gasteiger charge is 2.36. The molecule has 10 heteroatoms. The van der Waals surface area contributed by atoms with E-state index in [1.54, 1.807) is 0 Å². The second kappa shape index (κ2) is 5.00. The summed E-state index contributed by atoms with van der Waals surface area (Å²) in [6, 6.07) is 1.01. The highest BCUT2D eigenvalue weighted by atomic mass is 127. The van der Waals surface area contributed by atoms with Crippen LogP contribution in [0.1, 0.15) is 5.56 Å². The molecule has 0 saturated heterocycles. The second-order valence-corrected chi connectivity index (χ2v) is 3.88. The van der Waals surface area contributed by atoms with Gasteiger partial charge in [0.05, 0.1) is 12.2 Å². The summed E-state index contributed by atoms with van der Waals surface area (Å²) in [5.74, 6) is -1.78. The zero-order valence-corrected chi connectivity index (χ0v) is 10.0. The average Bonchev–Trinajstić information content (AvgIpc) is 2.17. The number of nitrogens with zero attached hydrogens (tertiary/aromatic N) is 2. The number of aliphatic hydroxyl groups excluding tert-OH is 1. The highest BCUT2D eigenvalue weighted by Crippen LogP contribution is 2.29. The lowest BCUT2D eigenvalue weighted by Gasteiger charge is -2.08. The number of halogens is 4. The van der Waals surface area contributed by atoms with Crippen LogP contribution in [0.5, 0.6) is 5.88 Å². The van der Waals surface area contributed by atoms with Gasteiger partial charge >= 0.3 is 18.1 Å². The maximum atomic E-state index is 12.0. The van der Waals surface area contributed by atoms with E-state index >= 15 is 0 Å². The molecule has 0 spiro atoms. The Morgan fingerprint density at radius 2 is 2.18 bits per heavy atom. The van der Waals surface area contributed by atoms with Gasteiger partial charge in [0.15, 0.2) is 0 Å². The number of aromatic nitrogens is 1. The van der Waals surface area contributed by atoms with Gasteiger partial charge < -0.3 is 20.0 Å². The SMILES string of the molecule is O=[N+]([O-])c1nc(OC(F)(F)F)c(CO)cc1I. The van der Waals surface area contributed by atoms with Crippen molar-refractivity contribution in [1.29, 1.82) is 0 Å². The Bertz CT molecular complexity index is 451. The lowest BCUT2D eigenvalue weighted by atomic mass is 10.3. The first kappa shape index (κ1) is 13.9. The molecule has 94 valence electrons. The van der Waals surface area contributed by atoms with Crippen LogP contribution >= 0.6 is 22.6 Å². The van der Waals surface area contributed by atoms with E-state index in [-0.39, 0.29) is 9.13 Å². The first-order valence-corrected chi connectivity index (χ1v) is 5.03. The molecule has 0 aromatic carbocycles. The van der Waals surface area contributed by atoms with Crippen LogP contribution < -0.4 is 4.74 Å². The molecule has 0 fully saturated rings. The zero-order valence-electron chi connectivity index (χ0n) is 7.86. The molecule has 0 aliphatic rings. The fourth-order valence-corrected chi connectivity index (χ4v) is 1.63. The molecule has 1 rings (SSSR count). The van der Waals surface area contributed by atoms with Gasteiger partial charge in [0.2, 0.25) is 0 Å². The number of aliphatic hydroxyl groups is 1. The van der Waals surface area contributed by atoms with Crippen molar-refractivity contribution in [2.24, 2.45) is 0 Å². The number of alkyl halides is 3. The second-order valence-electron chi connectivity index (χ2n) is 2.72. The topological polar surface area (TPSA) is 85.5 Å². The van der Waals surface area contributed by atoms with E-state index in [1.165, 1.54) is 22.6 Å². The maximum absolute atomic E-state index is 12.0. The Balaban J connectivity index is 3.26. The first-order valence-electron chi connectivity index (χ1n) is 3.95. The molecule has 0 saturated carbocycles. The number of ether oxygens (including phenoxy) is 1. The molecule has 0 atom stereocenters. The molecule has 6 nitrogen and oxygen atoms in total. The summed E-state index contributed by atoms with van der Waals surface area (Å²) in [4.78, 5) is 12.7. The van der Waals surface area contributed by atoms with Crippen molar-refractivity contribution in [3.63, 3.8) is 0 Å². The molecule has 1 aromatic rings. The minimum atomic E-state index is -5.03. The largest absolute Gasteiger partial charge is 0.575 e. The fourth-order valence-electron chi connectivity index (χ4n) is 0.940. The van der Waals surface area contributed by atoms with Crippen LogP contribution in [0.25, 0.3) is 0 Å². The van der Waals surface area contributed by atoms with E-state index in [1.807, 2.05) is 0 Å². The van der Waals surface area contributed by atoms with Crippen molar-refractivity contribution >= 4 is 28.4 Å². The van der Waals surface area contributed by atoms with E-state index < -0.39 is 29.6 Å². The summed E-state index contributed by atoms with van der Waals surface area (Å²) in [5, 5.41) is 19.3. The summed E-state index contributed by atoms with van der Waals surface area (Å²) in [6.07, 6.45) is -5.03. The van der Waals surface area contributed by atoms with Crippen LogP contribution in [-0.2, 0) is 6.61 Å². The highest BCUT2D eigenvalue weighted by molar-refractivity contribution is 14.1. The molecule has 0 unspecified atom stereocenters. The van der Waals surface area contributed by atoms with Crippen molar-refractivity contribution in [3.8, 4) is 5.88 Å². The third-order valence-corrected chi connectivity index (χ3v) is 2.35. The first-order chi connectivity index (χ1) is 7.74. The van der Waals surface area contributed by atoms with Crippen molar-refractivity contribution in [3.05, 3.63) is 25.3 Å². The van der Waals surface area contributed by atoms with Gasteiger partial charge in [-0.1, -0.05) is 0 Å². The van der Waals surface area contributed by atoms with Gasteiger partial charge in [0.25, 0.3) is 0 Å². The van der Waals surface area contributed by atoms with E-state index in [2.05, 4.69) is 9.72 Å². The van der Waals surface area contributed by atoms with Crippen molar-refractivity contribution < 1.29 is 27.9 Å². The monoisotopic (exact) mass is 364 g/mol. The van der Waals surface area contributed by atoms with Crippen molar-refractivity contribution in [2.75, 3.05) is 0 Å². The lowest BCUT2D eigenvalue weighted by Crippen LogP contribution is -2.19. The Labute approximate surface area is 106 Å². The lowest BCUT2D eigenvalue weighted by molar-refractivity contribution is -0.391. The molecule has 0 amide bonds. The quantitative estimate of drug-likeness (QED) is 0.504. The molecule has 1 heterocycles. The van der Waals surface area contributed by atoms with E-state index in [9.17, 15) is 23.3 Å². The molecule has 1 aromatic heterocycles. The summed E-state index contributed by atoms with van der Waals surface area (Å²) in [5.41, 5.74) is -0.280. The standard InChI is InChI=1S/C7H4F3IN2O4/c8-7(9,10)17-6-3(2-14)1-4(11)5(12-6)13(15)16/h1,14H,2H2. The number of rotatable bonds is 3. The molecular weight excluding hydrogens is 360 g/mol.